The van der Waals surface area contributed by atoms with E-state index in [1.54, 1.807) is 6.20 Å². The molecule has 0 radical (unpaired) electrons. The molecule has 0 aliphatic carbocycles. The van der Waals surface area contributed by atoms with Gasteiger partial charge in [0.1, 0.15) is 17.7 Å². The Kier molecular flexibility index (Phi) is 4.02. The third-order valence-electron chi connectivity index (χ3n) is 3.36. The number of piperidine rings is 1. The van der Waals surface area contributed by atoms with Crippen molar-refractivity contribution in [2.24, 2.45) is 0 Å². The van der Waals surface area contributed by atoms with Crippen LogP contribution in [0.25, 0.3) is 0 Å². The minimum Gasteiger partial charge on any atom is -0.489 e. The smallest absolute Gasteiger partial charge is 0.224 e. The van der Waals surface area contributed by atoms with E-state index in [0.29, 0.717) is 0 Å². The molecule has 1 aliphatic heterocycles. The lowest BCUT2D eigenvalue weighted by molar-refractivity contribution is 0.179. The van der Waals surface area contributed by atoms with Crippen LogP contribution in [0.2, 0.25) is 5.28 Å². The van der Waals surface area contributed by atoms with Crippen molar-refractivity contribution in [2.75, 3.05) is 18.0 Å². The highest BCUT2D eigenvalue weighted by atomic mass is 35.5. The van der Waals surface area contributed by atoms with E-state index in [9.17, 15) is 0 Å². The van der Waals surface area contributed by atoms with Crippen LogP contribution in [-0.2, 0) is 0 Å². The molecule has 1 aromatic heterocycles. The van der Waals surface area contributed by atoms with Crippen molar-refractivity contribution >= 4 is 17.4 Å². The number of rotatable bonds is 3. The molecule has 0 spiro atoms. The summed E-state index contributed by atoms with van der Waals surface area (Å²) in [7, 11) is 0. The predicted octanol–water partition coefficient (Wildman–Crippen LogP) is 3.18. The summed E-state index contributed by atoms with van der Waals surface area (Å²) in [5, 5.41) is 0.286. The molecule has 20 heavy (non-hydrogen) atoms. The summed E-state index contributed by atoms with van der Waals surface area (Å²) in [5.41, 5.74) is 0. The van der Waals surface area contributed by atoms with E-state index >= 15 is 0 Å². The van der Waals surface area contributed by atoms with Crippen LogP contribution in [-0.4, -0.2) is 29.2 Å². The highest BCUT2D eigenvalue weighted by Crippen LogP contribution is 2.22. The third-order valence-corrected chi connectivity index (χ3v) is 3.54. The maximum Gasteiger partial charge on any atom is 0.224 e. The Bertz CT molecular complexity index is 564. The van der Waals surface area contributed by atoms with Gasteiger partial charge in [-0.25, -0.2) is 9.97 Å². The first kappa shape index (κ1) is 13.2. The average molecular weight is 290 g/mol. The Morgan fingerprint density at radius 3 is 2.85 bits per heavy atom. The Balaban J connectivity index is 1.67. The fraction of sp³-hybridized carbons (Fsp3) is 0.333. The molecule has 0 unspecified atom stereocenters. The van der Waals surface area contributed by atoms with Crippen LogP contribution < -0.4 is 9.64 Å². The normalized spacial score (nSPS) is 18.9. The molecular formula is C15H16ClN3O. The van der Waals surface area contributed by atoms with Gasteiger partial charge in [-0.1, -0.05) is 18.2 Å². The van der Waals surface area contributed by atoms with Crippen molar-refractivity contribution in [1.29, 1.82) is 0 Å². The number of hydrogen-bond donors (Lipinski definition) is 0. The molecule has 1 atom stereocenters. The van der Waals surface area contributed by atoms with Gasteiger partial charge in [0.2, 0.25) is 5.28 Å². The van der Waals surface area contributed by atoms with Gasteiger partial charge in [0.15, 0.2) is 0 Å². The first-order valence-corrected chi connectivity index (χ1v) is 7.14. The molecule has 2 aromatic rings. The fourth-order valence-corrected chi connectivity index (χ4v) is 2.58. The van der Waals surface area contributed by atoms with E-state index in [2.05, 4.69) is 14.9 Å². The monoisotopic (exact) mass is 289 g/mol. The fourth-order valence-electron chi connectivity index (χ4n) is 2.44. The molecule has 3 rings (SSSR count). The van der Waals surface area contributed by atoms with Gasteiger partial charge in [-0.05, 0) is 42.6 Å². The Hall–Kier alpha value is -1.81. The van der Waals surface area contributed by atoms with Gasteiger partial charge in [0, 0.05) is 12.7 Å². The van der Waals surface area contributed by atoms with E-state index in [4.69, 9.17) is 16.3 Å². The van der Waals surface area contributed by atoms with Crippen molar-refractivity contribution in [3.8, 4) is 5.75 Å². The van der Waals surface area contributed by atoms with E-state index in [0.717, 1.165) is 37.5 Å². The van der Waals surface area contributed by atoms with Gasteiger partial charge < -0.3 is 9.64 Å². The summed E-state index contributed by atoms with van der Waals surface area (Å²) in [6.07, 6.45) is 4.01. The first-order chi connectivity index (χ1) is 9.81. The van der Waals surface area contributed by atoms with Crippen LogP contribution in [0.5, 0.6) is 5.75 Å². The molecule has 2 heterocycles. The van der Waals surface area contributed by atoms with Gasteiger partial charge in [-0.3, -0.25) is 0 Å². The molecule has 104 valence electrons. The quantitative estimate of drug-likeness (QED) is 0.814. The van der Waals surface area contributed by atoms with Crippen LogP contribution in [0.3, 0.4) is 0 Å². The number of nitrogens with zero attached hydrogens (tertiary/aromatic N) is 3. The second-order valence-corrected chi connectivity index (χ2v) is 5.16. The topological polar surface area (TPSA) is 38.2 Å². The van der Waals surface area contributed by atoms with E-state index < -0.39 is 0 Å². The molecule has 1 fully saturated rings. The average Bonchev–Trinajstić information content (AvgIpc) is 2.49. The van der Waals surface area contributed by atoms with Gasteiger partial charge in [0.05, 0.1) is 6.54 Å². The highest BCUT2D eigenvalue weighted by Gasteiger charge is 2.22. The second kappa shape index (κ2) is 6.09. The van der Waals surface area contributed by atoms with Crippen LogP contribution in [0.1, 0.15) is 12.8 Å². The molecule has 4 nitrogen and oxygen atoms in total. The second-order valence-electron chi connectivity index (χ2n) is 4.83. The summed E-state index contributed by atoms with van der Waals surface area (Å²) in [5.74, 6) is 1.78. The van der Waals surface area contributed by atoms with E-state index in [1.165, 1.54) is 0 Å². The van der Waals surface area contributed by atoms with Crippen molar-refractivity contribution in [1.82, 2.24) is 9.97 Å². The lowest BCUT2D eigenvalue weighted by Crippen LogP contribution is -2.41. The standard InChI is InChI=1S/C15H16ClN3O/c16-15-17-9-8-14(18-15)19-10-4-7-13(11-19)20-12-5-2-1-3-6-12/h1-3,5-6,8-9,13H,4,7,10-11H2/t13-/m0/s1. The zero-order valence-electron chi connectivity index (χ0n) is 11.1. The van der Waals surface area contributed by atoms with Crippen LogP contribution in [0.4, 0.5) is 5.82 Å². The highest BCUT2D eigenvalue weighted by molar-refractivity contribution is 6.28. The zero-order valence-corrected chi connectivity index (χ0v) is 11.8. The molecule has 1 saturated heterocycles. The SMILES string of the molecule is Clc1nccc(N2CCC[C@H](Oc3ccccc3)C2)n1. The summed E-state index contributed by atoms with van der Waals surface area (Å²) >= 11 is 5.85. The lowest BCUT2D eigenvalue weighted by Gasteiger charge is -2.33. The summed E-state index contributed by atoms with van der Waals surface area (Å²) < 4.78 is 6.02. The van der Waals surface area contributed by atoms with Crippen molar-refractivity contribution in [3.05, 3.63) is 47.9 Å². The van der Waals surface area contributed by atoms with E-state index in [-0.39, 0.29) is 11.4 Å². The molecule has 0 N–H and O–H groups in total. The lowest BCUT2D eigenvalue weighted by atomic mass is 10.1. The number of benzene rings is 1. The number of para-hydroxylation sites is 1. The zero-order chi connectivity index (χ0) is 13.8. The van der Waals surface area contributed by atoms with Crippen LogP contribution in [0.15, 0.2) is 42.6 Å². The summed E-state index contributed by atoms with van der Waals surface area (Å²) in [6, 6.07) is 11.8. The molecule has 1 aliphatic rings. The number of aromatic nitrogens is 2. The number of anilines is 1. The summed E-state index contributed by atoms with van der Waals surface area (Å²) in [6.45, 7) is 1.80. The Morgan fingerprint density at radius 2 is 2.05 bits per heavy atom. The van der Waals surface area contributed by atoms with Crippen LogP contribution >= 0.6 is 11.6 Å². The van der Waals surface area contributed by atoms with Crippen molar-refractivity contribution in [2.45, 2.75) is 18.9 Å². The van der Waals surface area contributed by atoms with Gasteiger partial charge in [-0.15, -0.1) is 0 Å². The van der Waals surface area contributed by atoms with Gasteiger partial charge >= 0.3 is 0 Å². The largest absolute Gasteiger partial charge is 0.489 e. The number of hydrogen-bond acceptors (Lipinski definition) is 4. The molecule has 0 saturated carbocycles. The van der Waals surface area contributed by atoms with E-state index in [1.807, 2.05) is 36.4 Å². The third kappa shape index (κ3) is 3.20. The van der Waals surface area contributed by atoms with Gasteiger partial charge in [-0.2, -0.15) is 0 Å². The Morgan fingerprint density at radius 1 is 1.20 bits per heavy atom. The first-order valence-electron chi connectivity index (χ1n) is 6.76. The van der Waals surface area contributed by atoms with Gasteiger partial charge in [0.25, 0.3) is 0 Å². The predicted molar refractivity (Wildman–Crippen MR) is 79.3 cm³/mol. The number of ether oxygens (including phenoxy) is 1. The Labute approximate surface area is 123 Å². The molecular weight excluding hydrogens is 274 g/mol. The minimum absolute atomic E-state index is 0.180. The minimum atomic E-state index is 0.180. The van der Waals surface area contributed by atoms with Crippen molar-refractivity contribution < 1.29 is 4.74 Å². The molecule has 0 amide bonds. The molecule has 0 bridgehead atoms. The maximum absolute atomic E-state index is 6.02. The summed E-state index contributed by atoms with van der Waals surface area (Å²) in [4.78, 5) is 10.4. The number of halogens is 1. The molecule has 1 aromatic carbocycles. The maximum atomic E-state index is 6.02. The van der Waals surface area contributed by atoms with Crippen molar-refractivity contribution in [3.63, 3.8) is 0 Å². The molecule has 5 heteroatoms. The van der Waals surface area contributed by atoms with Crippen LogP contribution in [0, 0.1) is 0 Å².